The van der Waals surface area contributed by atoms with E-state index in [4.69, 9.17) is 9.47 Å². The van der Waals surface area contributed by atoms with Crippen LogP contribution in [0.2, 0.25) is 0 Å². The summed E-state index contributed by atoms with van der Waals surface area (Å²) in [6.45, 7) is 6.34. The van der Waals surface area contributed by atoms with Gasteiger partial charge in [-0.25, -0.2) is 0 Å². The zero-order valence-corrected chi connectivity index (χ0v) is 12.8. The fraction of sp³-hybridized carbons (Fsp3) is 0.625. The van der Waals surface area contributed by atoms with E-state index in [2.05, 4.69) is 5.32 Å². The first-order chi connectivity index (χ1) is 9.63. The molecule has 0 saturated heterocycles. The molecule has 0 fully saturated rings. The van der Waals surface area contributed by atoms with E-state index in [0.29, 0.717) is 12.6 Å². The molecular formula is C16H27NO3. The maximum atomic E-state index is 10.1. The molecule has 114 valence electrons. The van der Waals surface area contributed by atoms with Crippen LogP contribution < -0.4 is 10.1 Å². The predicted octanol–water partition coefficient (Wildman–Crippen LogP) is 2.52. The molecule has 0 aromatic heterocycles. The second-order valence-electron chi connectivity index (χ2n) is 5.12. The molecular weight excluding hydrogens is 254 g/mol. The van der Waals surface area contributed by atoms with E-state index < -0.39 is 6.10 Å². The summed E-state index contributed by atoms with van der Waals surface area (Å²) >= 11 is 0. The molecule has 0 aliphatic heterocycles. The van der Waals surface area contributed by atoms with Gasteiger partial charge in [-0.15, -0.1) is 0 Å². The average Bonchev–Trinajstić information content (AvgIpc) is 2.45. The van der Waals surface area contributed by atoms with Crippen molar-refractivity contribution in [2.24, 2.45) is 0 Å². The highest BCUT2D eigenvalue weighted by Gasteiger charge is 2.07. The zero-order valence-electron chi connectivity index (χ0n) is 12.8. The molecule has 2 N–H and O–H groups in total. The number of ether oxygens (including phenoxy) is 2. The lowest BCUT2D eigenvalue weighted by atomic mass is 10.1. The smallest absolute Gasteiger partial charge is 0.119 e. The molecule has 0 bridgehead atoms. The average molecular weight is 281 g/mol. The highest BCUT2D eigenvalue weighted by molar-refractivity contribution is 5.29. The molecule has 1 atom stereocenters. The van der Waals surface area contributed by atoms with Crippen LogP contribution in [0.25, 0.3) is 0 Å². The number of aliphatic hydroxyl groups excluding tert-OH is 1. The number of benzene rings is 1. The van der Waals surface area contributed by atoms with Crippen molar-refractivity contribution in [2.45, 2.75) is 38.9 Å². The largest absolute Gasteiger partial charge is 0.497 e. The second-order valence-corrected chi connectivity index (χ2v) is 5.12. The minimum atomic E-state index is -0.503. The molecule has 0 radical (unpaired) electrons. The Labute approximate surface area is 122 Å². The van der Waals surface area contributed by atoms with Crippen molar-refractivity contribution < 1.29 is 14.6 Å². The summed E-state index contributed by atoms with van der Waals surface area (Å²) in [6, 6.07) is 7.53. The van der Waals surface area contributed by atoms with Crippen LogP contribution in [0.5, 0.6) is 5.75 Å². The molecule has 0 saturated carbocycles. The Bertz CT molecular complexity index is 368. The van der Waals surface area contributed by atoms with Crippen molar-refractivity contribution in [2.75, 3.05) is 26.8 Å². The highest BCUT2D eigenvalue weighted by Crippen LogP contribution is 2.18. The lowest BCUT2D eigenvalue weighted by molar-refractivity contribution is 0.0759. The van der Waals surface area contributed by atoms with Crippen LogP contribution >= 0.6 is 0 Å². The maximum Gasteiger partial charge on any atom is 0.119 e. The number of unbranched alkanes of at least 4 members (excludes halogenated alkanes) is 1. The maximum absolute atomic E-state index is 10.1. The second kappa shape index (κ2) is 9.75. The van der Waals surface area contributed by atoms with Gasteiger partial charge in [-0.3, -0.25) is 0 Å². The Morgan fingerprint density at radius 3 is 2.75 bits per heavy atom. The van der Waals surface area contributed by atoms with Gasteiger partial charge >= 0.3 is 0 Å². The summed E-state index contributed by atoms with van der Waals surface area (Å²) in [7, 11) is 1.63. The fourth-order valence-electron chi connectivity index (χ4n) is 1.88. The SMILES string of the molecule is COc1cccc(C(O)CNCCCCOC(C)C)c1. The van der Waals surface area contributed by atoms with Crippen LogP contribution in [-0.4, -0.2) is 38.0 Å². The van der Waals surface area contributed by atoms with Crippen LogP contribution in [0.4, 0.5) is 0 Å². The van der Waals surface area contributed by atoms with E-state index in [9.17, 15) is 5.11 Å². The third kappa shape index (κ3) is 6.89. The van der Waals surface area contributed by atoms with Crippen LogP contribution in [0.3, 0.4) is 0 Å². The molecule has 1 aromatic rings. The van der Waals surface area contributed by atoms with Gasteiger partial charge in [-0.2, -0.15) is 0 Å². The first-order valence-electron chi connectivity index (χ1n) is 7.28. The van der Waals surface area contributed by atoms with E-state index in [0.717, 1.165) is 37.3 Å². The van der Waals surface area contributed by atoms with Gasteiger partial charge in [0.1, 0.15) is 5.75 Å². The molecule has 0 heterocycles. The monoisotopic (exact) mass is 281 g/mol. The summed E-state index contributed by atoms with van der Waals surface area (Å²) in [5, 5.41) is 13.3. The van der Waals surface area contributed by atoms with Gasteiger partial charge in [-0.1, -0.05) is 12.1 Å². The van der Waals surface area contributed by atoms with Crippen molar-refractivity contribution in [3.05, 3.63) is 29.8 Å². The third-order valence-electron chi connectivity index (χ3n) is 3.02. The number of hydrogen-bond acceptors (Lipinski definition) is 4. The Morgan fingerprint density at radius 2 is 2.05 bits per heavy atom. The van der Waals surface area contributed by atoms with E-state index >= 15 is 0 Å². The Kier molecular flexibility index (Phi) is 8.26. The first-order valence-corrected chi connectivity index (χ1v) is 7.28. The summed E-state index contributed by atoms with van der Waals surface area (Å²) in [5.74, 6) is 0.771. The van der Waals surface area contributed by atoms with Gasteiger partial charge in [0.25, 0.3) is 0 Å². The first kappa shape index (κ1) is 17.0. The lowest BCUT2D eigenvalue weighted by Gasteiger charge is -2.13. The lowest BCUT2D eigenvalue weighted by Crippen LogP contribution is -2.22. The number of nitrogens with one attached hydrogen (secondary N) is 1. The highest BCUT2D eigenvalue weighted by atomic mass is 16.5. The topological polar surface area (TPSA) is 50.7 Å². The van der Waals surface area contributed by atoms with E-state index in [1.807, 2.05) is 38.1 Å². The Morgan fingerprint density at radius 1 is 1.25 bits per heavy atom. The number of aliphatic hydroxyl groups is 1. The van der Waals surface area contributed by atoms with Gasteiger partial charge in [0.2, 0.25) is 0 Å². The van der Waals surface area contributed by atoms with Crippen molar-refractivity contribution in [3.8, 4) is 5.75 Å². The van der Waals surface area contributed by atoms with E-state index in [1.54, 1.807) is 7.11 Å². The van der Waals surface area contributed by atoms with Crippen molar-refractivity contribution in [3.63, 3.8) is 0 Å². The molecule has 1 unspecified atom stereocenters. The van der Waals surface area contributed by atoms with Crippen LogP contribution in [0, 0.1) is 0 Å². The normalized spacial score (nSPS) is 12.7. The van der Waals surface area contributed by atoms with Crippen LogP contribution in [0.1, 0.15) is 38.4 Å². The quantitative estimate of drug-likeness (QED) is 0.647. The summed E-state index contributed by atoms with van der Waals surface area (Å²) in [5.41, 5.74) is 0.875. The fourth-order valence-corrected chi connectivity index (χ4v) is 1.88. The van der Waals surface area contributed by atoms with Gasteiger partial charge in [-0.05, 0) is 50.9 Å². The Hall–Kier alpha value is -1.10. The number of hydrogen-bond donors (Lipinski definition) is 2. The summed E-state index contributed by atoms with van der Waals surface area (Å²) in [6.07, 6.45) is 1.90. The predicted molar refractivity (Wildman–Crippen MR) is 81.1 cm³/mol. The molecule has 0 aliphatic carbocycles. The molecule has 0 aliphatic rings. The van der Waals surface area contributed by atoms with Gasteiger partial charge in [0, 0.05) is 13.2 Å². The number of rotatable bonds is 10. The minimum Gasteiger partial charge on any atom is -0.497 e. The Balaban J connectivity index is 2.15. The van der Waals surface area contributed by atoms with Crippen molar-refractivity contribution in [1.82, 2.24) is 5.32 Å². The van der Waals surface area contributed by atoms with Crippen LogP contribution in [0.15, 0.2) is 24.3 Å². The van der Waals surface area contributed by atoms with Crippen molar-refractivity contribution >= 4 is 0 Å². The molecule has 0 spiro atoms. The molecule has 20 heavy (non-hydrogen) atoms. The van der Waals surface area contributed by atoms with E-state index in [1.165, 1.54) is 0 Å². The minimum absolute atomic E-state index is 0.304. The summed E-state index contributed by atoms with van der Waals surface area (Å²) in [4.78, 5) is 0. The molecule has 4 nitrogen and oxygen atoms in total. The molecule has 1 rings (SSSR count). The number of methoxy groups -OCH3 is 1. The molecule has 1 aromatic carbocycles. The standard InChI is InChI=1S/C16H27NO3/c1-13(2)20-10-5-4-9-17-12-16(18)14-7-6-8-15(11-14)19-3/h6-8,11,13,16-18H,4-5,9-10,12H2,1-3H3. The molecule has 4 heteroatoms. The van der Waals surface area contributed by atoms with E-state index in [-0.39, 0.29) is 0 Å². The van der Waals surface area contributed by atoms with Gasteiger partial charge in [0.05, 0.1) is 19.3 Å². The zero-order chi connectivity index (χ0) is 14.8. The van der Waals surface area contributed by atoms with Crippen LogP contribution in [-0.2, 0) is 4.74 Å². The third-order valence-corrected chi connectivity index (χ3v) is 3.02. The van der Waals surface area contributed by atoms with Crippen molar-refractivity contribution in [1.29, 1.82) is 0 Å². The van der Waals surface area contributed by atoms with Gasteiger partial charge in [0.15, 0.2) is 0 Å². The molecule has 0 amide bonds. The summed E-state index contributed by atoms with van der Waals surface area (Å²) < 4.78 is 10.6. The van der Waals surface area contributed by atoms with Gasteiger partial charge < -0.3 is 19.9 Å².